The van der Waals surface area contributed by atoms with Gasteiger partial charge in [0.25, 0.3) is 0 Å². The molecule has 4 rings (SSSR count). The third-order valence-electron chi connectivity index (χ3n) is 5.21. The van der Waals surface area contributed by atoms with E-state index in [2.05, 4.69) is 15.6 Å². The van der Waals surface area contributed by atoms with Crippen molar-refractivity contribution in [2.45, 2.75) is 25.4 Å². The summed E-state index contributed by atoms with van der Waals surface area (Å²) in [5.41, 5.74) is 9.31. The lowest BCUT2D eigenvalue weighted by molar-refractivity contribution is 0.208. The zero-order chi connectivity index (χ0) is 20.2. The van der Waals surface area contributed by atoms with Gasteiger partial charge < -0.3 is 21.1 Å². The molecule has 1 saturated heterocycles. The number of nitrogens with one attached hydrogen (secondary N) is 1. The number of benzene rings is 2. The number of aromatic nitrogens is 3. The molecule has 1 unspecified atom stereocenters. The summed E-state index contributed by atoms with van der Waals surface area (Å²) in [5, 5.41) is 20.5. The van der Waals surface area contributed by atoms with E-state index in [0.717, 1.165) is 35.5 Å². The number of phenols is 1. The van der Waals surface area contributed by atoms with E-state index in [9.17, 15) is 9.90 Å². The van der Waals surface area contributed by atoms with Gasteiger partial charge in [-0.15, -0.1) is 5.10 Å². The van der Waals surface area contributed by atoms with E-state index in [1.54, 1.807) is 23.0 Å². The highest BCUT2D eigenvalue weighted by molar-refractivity contribution is 5.74. The molecule has 8 nitrogen and oxygen atoms in total. The summed E-state index contributed by atoms with van der Waals surface area (Å²) in [7, 11) is 0. The number of rotatable bonds is 5. The fourth-order valence-corrected chi connectivity index (χ4v) is 3.58. The van der Waals surface area contributed by atoms with Crippen LogP contribution >= 0.6 is 0 Å². The van der Waals surface area contributed by atoms with Crippen LogP contribution in [0.5, 0.6) is 5.75 Å². The first-order valence-corrected chi connectivity index (χ1v) is 9.64. The summed E-state index contributed by atoms with van der Waals surface area (Å²) in [6, 6.07) is 15.0. The van der Waals surface area contributed by atoms with Gasteiger partial charge in [-0.1, -0.05) is 29.5 Å². The highest BCUT2D eigenvalue weighted by atomic mass is 16.3. The minimum absolute atomic E-state index is 0.0668. The molecular weight excluding hydrogens is 368 g/mol. The molecule has 2 amide bonds. The maximum absolute atomic E-state index is 12.6. The molecular formula is C21H24N6O2. The molecule has 0 aliphatic carbocycles. The molecule has 0 spiro atoms. The average molecular weight is 392 g/mol. The van der Waals surface area contributed by atoms with Crippen molar-refractivity contribution in [3.05, 3.63) is 71.5 Å². The van der Waals surface area contributed by atoms with E-state index in [1.807, 2.05) is 41.3 Å². The van der Waals surface area contributed by atoms with E-state index >= 15 is 0 Å². The lowest BCUT2D eigenvalue weighted by atomic mass is 9.98. The molecule has 1 aliphatic rings. The highest BCUT2D eigenvalue weighted by Gasteiger charge is 2.27. The van der Waals surface area contributed by atoms with Crippen molar-refractivity contribution in [3.63, 3.8) is 0 Å². The number of carbonyl (C=O) groups is 1. The first-order chi connectivity index (χ1) is 14.1. The molecule has 0 radical (unpaired) electrons. The fourth-order valence-electron chi connectivity index (χ4n) is 3.58. The fraction of sp³-hybridized carbons (Fsp3) is 0.286. The monoisotopic (exact) mass is 392 g/mol. The van der Waals surface area contributed by atoms with E-state index in [4.69, 9.17) is 5.73 Å². The molecule has 1 aromatic heterocycles. The van der Waals surface area contributed by atoms with Gasteiger partial charge in [-0.3, -0.25) is 0 Å². The topological polar surface area (TPSA) is 109 Å². The van der Waals surface area contributed by atoms with Gasteiger partial charge in [-0.2, -0.15) is 0 Å². The smallest absolute Gasteiger partial charge is 0.317 e. The van der Waals surface area contributed by atoms with Crippen LogP contribution in [0.3, 0.4) is 0 Å². The first-order valence-electron chi connectivity index (χ1n) is 9.64. The molecule has 1 atom stereocenters. The zero-order valence-electron chi connectivity index (χ0n) is 16.0. The van der Waals surface area contributed by atoms with Crippen molar-refractivity contribution in [1.29, 1.82) is 0 Å². The minimum atomic E-state index is -0.0668. The van der Waals surface area contributed by atoms with Crippen LogP contribution in [-0.4, -0.2) is 44.1 Å². The first kappa shape index (κ1) is 18.9. The molecule has 29 heavy (non-hydrogen) atoms. The molecule has 3 aromatic rings. The number of aromatic hydroxyl groups is 1. The van der Waals surface area contributed by atoms with Crippen LogP contribution in [0.25, 0.3) is 5.69 Å². The SMILES string of the molecule is NCc1cn(-c2cccc(CNC(=O)N3CCC(c4ccc(O)cc4)C3)c2)nn1. The van der Waals surface area contributed by atoms with Crippen LogP contribution < -0.4 is 11.1 Å². The Hall–Kier alpha value is -3.39. The zero-order valence-corrected chi connectivity index (χ0v) is 16.0. The molecule has 2 heterocycles. The summed E-state index contributed by atoms with van der Waals surface area (Å²) in [4.78, 5) is 14.4. The summed E-state index contributed by atoms with van der Waals surface area (Å²) in [6.07, 6.45) is 2.72. The Balaban J connectivity index is 1.34. The third kappa shape index (κ3) is 4.38. The number of nitrogens with two attached hydrogens (primary N) is 1. The Labute approximate surface area is 168 Å². The quantitative estimate of drug-likeness (QED) is 0.616. The third-order valence-corrected chi connectivity index (χ3v) is 5.21. The molecule has 8 heteroatoms. The van der Waals surface area contributed by atoms with E-state index in [1.165, 1.54) is 0 Å². The van der Waals surface area contributed by atoms with Gasteiger partial charge in [-0.25, -0.2) is 9.48 Å². The normalized spacial score (nSPS) is 16.2. The maximum Gasteiger partial charge on any atom is 0.317 e. The lowest BCUT2D eigenvalue weighted by Gasteiger charge is -2.18. The van der Waals surface area contributed by atoms with Gasteiger partial charge in [0.1, 0.15) is 5.75 Å². The number of hydrogen-bond donors (Lipinski definition) is 3. The largest absolute Gasteiger partial charge is 0.508 e. The van der Waals surface area contributed by atoms with Gasteiger partial charge in [0, 0.05) is 32.1 Å². The summed E-state index contributed by atoms with van der Waals surface area (Å²) in [5.74, 6) is 0.558. The lowest BCUT2D eigenvalue weighted by Crippen LogP contribution is -2.37. The van der Waals surface area contributed by atoms with Crippen molar-refractivity contribution < 1.29 is 9.90 Å². The van der Waals surface area contributed by atoms with Gasteiger partial charge in [0.2, 0.25) is 0 Å². The van der Waals surface area contributed by atoms with Gasteiger partial charge in [0.05, 0.1) is 17.6 Å². The Bertz CT molecular complexity index is 985. The van der Waals surface area contributed by atoms with Crippen molar-refractivity contribution in [2.75, 3.05) is 13.1 Å². The number of amides is 2. The van der Waals surface area contributed by atoms with Crippen molar-refractivity contribution in [1.82, 2.24) is 25.2 Å². The Morgan fingerprint density at radius 3 is 2.83 bits per heavy atom. The molecule has 0 bridgehead atoms. The number of nitrogens with zero attached hydrogens (tertiary/aromatic N) is 4. The molecule has 0 saturated carbocycles. The number of urea groups is 1. The van der Waals surface area contributed by atoms with Crippen LogP contribution in [0, 0.1) is 0 Å². The standard InChI is InChI=1S/C21H24N6O2/c22-11-18-14-27(25-24-18)19-3-1-2-15(10-19)12-23-21(29)26-9-8-17(13-26)16-4-6-20(28)7-5-16/h1-7,10,14,17,28H,8-9,11-13,22H2,(H,23,29). The van der Waals surface area contributed by atoms with Crippen LogP contribution in [0.15, 0.2) is 54.7 Å². The maximum atomic E-state index is 12.6. The van der Waals surface area contributed by atoms with Crippen molar-refractivity contribution >= 4 is 6.03 Å². The van der Waals surface area contributed by atoms with Crippen molar-refractivity contribution in [3.8, 4) is 11.4 Å². The highest BCUT2D eigenvalue weighted by Crippen LogP contribution is 2.28. The summed E-state index contributed by atoms with van der Waals surface area (Å²) >= 11 is 0. The molecule has 1 fully saturated rings. The Morgan fingerprint density at radius 2 is 2.07 bits per heavy atom. The van der Waals surface area contributed by atoms with Crippen LogP contribution in [0.4, 0.5) is 4.79 Å². The Morgan fingerprint density at radius 1 is 1.24 bits per heavy atom. The molecule has 1 aliphatic heterocycles. The van der Waals surface area contributed by atoms with Crippen LogP contribution in [-0.2, 0) is 13.1 Å². The second-order valence-corrected chi connectivity index (χ2v) is 7.21. The van der Waals surface area contributed by atoms with E-state index in [-0.39, 0.29) is 11.8 Å². The number of carbonyl (C=O) groups excluding carboxylic acids is 1. The van der Waals surface area contributed by atoms with E-state index < -0.39 is 0 Å². The predicted molar refractivity (Wildman–Crippen MR) is 109 cm³/mol. The summed E-state index contributed by atoms with van der Waals surface area (Å²) in [6.45, 7) is 2.18. The van der Waals surface area contributed by atoms with Gasteiger partial charge in [0.15, 0.2) is 0 Å². The van der Waals surface area contributed by atoms with E-state index in [0.29, 0.717) is 25.6 Å². The minimum Gasteiger partial charge on any atom is -0.508 e. The van der Waals surface area contributed by atoms with Gasteiger partial charge >= 0.3 is 6.03 Å². The number of hydrogen-bond acceptors (Lipinski definition) is 5. The Kier molecular flexibility index (Phi) is 5.44. The van der Waals surface area contributed by atoms with Crippen LogP contribution in [0.2, 0.25) is 0 Å². The van der Waals surface area contributed by atoms with Crippen LogP contribution in [0.1, 0.15) is 29.2 Å². The van der Waals surface area contributed by atoms with Crippen molar-refractivity contribution in [2.24, 2.45) is 5.73 Å². The molecule has 2 aromatic carbocycles. The second kappa shape index (κ2) is 8.32. The average Bonchev–Trinajstić information content (AvgIpc) is 3.43. The number of likely N-dealkylation sites (tertiary alicyclic amines) is 1. The second-order valence-electron chi connectivity index (χ2n) is 7.21. The summed E-state index contributed by atoms with van der Waals surface area (Å²) < 4.78 is 1.68. The van der Waals surface area contributed by atoms with Gasteiger partial charge in [-0.05, 0) is 41.8 Å². The number of phenolic OH excluding ortho intramolecular Hbond substituents is 1. The molecule has 4 N–H and O–H groups in total. The predicted octanol–water partition coefficient (Wildman–Crippen LogP) is 2.13. The molecule has 150 valence electrons.